The summed E-state index contributed by atoms with van der Waals surface area (Å²) in [7, 11) is 0. The van der Waals surface area contributed by atoms with Gasteiger partial charge in [0.1, 0.15) is 0 Å². The van der Waals surface area contributed by atoms with Crippen LogP contribution in [0.3, 0.4) is 0 Å². The molecule has 3 heterocycles. The first kappa shape index (κ1) is 21.6. The summed E-state index contributed by atoms with van der Waals surface area (Å²) in [6.45, 7) is 3.07. The summed E-state index contributed by atoms with van der Waals surface area (Å²) in [4.78, 5) is 16.8. The van der Waals surface area contributed by atoms with Gasteiger partial charge in [-0.15, -0.1) is 0 Å². The van der Waals surface area contributed by atoms with Gasteiger partial charge in [-0.1, -0.05) is 18.2 Å². The smallest absolute Gasteiger partial charge is 0.416 e. The van der Waals surface area contributed by atoms with Gasteiger partial charge in [0, 0.05) is 43.6 Å². The molecule has 172 valence electrons. The van der Waals surface area contributed by atoms with Crippen LogP contribution in [0, 0.1) is 0 Å². The van der Waals surface area contributed by atoms with Crippen molar-refractivity contribution < 1.29 is 22.4 Å². The van der Waals surface area contributed by atoms with Gasteiger partial charge in [0.15, 0.2) is 5.76 Å². The van der Waals surface area contributed by atoms with E-state index in [1.54, 1.807) is 18.2 Å². The van der Waals surface area contributed by atoms with Crippen molar-refractivity contribution in [3.8, 4) is 0 Å². The maximum atomic E-state index is 13.0. The van der Waals surface area contributed by atoms with E-state index in [1.807, 2.05) is 18.2 Å². The minimum Gasteiger partial charge on any atom is -0.459 e. The molecule has 2 aromatic carbocycles. The van der Waals surface area contributed by atoms with Gasteiger partial charge in [0.25, 0.3) is 5.91 Å². The summed E-state index contributed by atoms with van der Waals surface area (Å²) < 4.78 is 44.2. The number of anilines is 2. The molecule has 0 radical (unpaired) electrons. The second kappa shape index (κ2) is 8.59. The molecule has 1 atom stereocenters. The highest BCUT2D eigenvalue weighted by Crippen LogP contribution is 2.35. The van der Waals surface area contributed by atoms with Crippen LogP contribution in [-0.2, 0) is 19.1 Å². The molecule has 33 heavy (non-hydrogen) atoms. The van der Waals surface area contributed by atoms with Crippen molar-refractivity contribution in [2.24, 2.45) is 0 Å². The molecule has 5 rings (SSSR count). The number of carbonyl (C=O) groups is 1. The number of nitrogens with zero attached hydrogens (tertiary/aromatic N) is 2. The van der Waals surface area contributed by atoms with Crippen molar-refractivity contribution in [2.45, 2.75) is 31.6 Å². The number of rotatable bonds is 5. The van der Waals surface area contributed by atoms with E-state index in [0.717, 1.165) is 49.9 Å². The number of alkyl halides is 3. The minimum absolute atomic E-state index is 0.268. The molecule has 0 bridgehead atoms. The molecule has 1 fully saturated rings. The van der Waals surface area contributed by atoms with Crippen LogP contribution < -0.4 is 10.2 Å². The Kier molecular flexibility index (Phi) is 5.62. The second-order valence-electron chi connectivity index (χ2n) is 8.59. The zero-order valence-corrected chi connectivity index (χ0v) is 17.9. The Morgan fingerprint density at radius 3 is 2.76 bits per heavy atom. The normalized spacial score (nSPS) is 18.5. The molecule has 0 spiro atoms. The predicted octanol–water partition coefficient (Wildman–Crippen LogP) is 5.19. The molecule has 5 nitrogen and oxygen atoms in total. The molecule has 1 amide bonds. The highest BCUT2D eigenvalue weighted by molar-refractivity contribution is 6.02. The lowest BCUT2D eigenvalue weighted by Crippen LogP contribution is -2.36. The highest BCUT2D eigenvalue weighted by atomic mass is 19.4. The van der Waals surface area contributed by atoms with Crippen molar-refractivity contribution in [3.63, 3.8) is 0 Å². The molecule has 1 unspecified atom stereocenters. The van der Waals surface area contributed by atoms with Gasteiger partial charge in [-0.05, 0) is 60.4 Å². The van der Waals surface area contributed by atoms with Gasteiger partial charge >= 0.3 is 6.18 Å². The Hall–Kier alpha value is -3.26. The van der Waals surface area contributed by atoms with Crippen LogP contribution >= 0.6 is 0 Å². The van der Waals surface area contributed by atoms with Gasteiger partial charge in [0.05, 0.1) is 11.8 Å². The van der Waals surface area contributed by atoms with Gasteiger partial charge in [-0.2, -0.15) is 13.2 Å². The van der Waals surface area contributed by atoms with Crippen LogP contribution in [0.2, 0.25) is 0 Å². The average molecular weight is 455 g/mol. The van der Waals surface area contributed by atoms with Crippen molar-refractivity contribution in [2.75, 3.05) is 29.9 Å². The van der Waals surface area contributed by atoms with Crippen molar-refractivity contribution >= 4 is 17.3 Å². The van der Waals surface area contributed by atoms with E-state index < -0.39 is 11.7 Å². The van der Waals surface area contributed by atoms with Crippen molar-refractivity contribution in [3.05, 3.63) is 83.3 Å². The third-order valence-corrected chi connectivity index (χ3v) is 6.36. The summed E-state index contributed by atoms with van der Waals surface area (Å²) in [6.07, 6.45) is -0.994. The molecule has 0 aliphatic carbocycles. The first-order chi connectivity index (χ1) is 15.9. The van der Waals surface area contributed by atoms with E-state index in [-0.39, 0.29) is 11.7 Å². The van der Waals surface area contributed by atoms with Crippen LogP contribution in [0.1, 0.15) is 33.7 Å². The maximum Gasteiger partial charge on any atom is 0.416 e. The summed E-state index contributed by atoms with van der Waals surface area (Å²) in [5, 5.41) is 2.87. The summed E-state index contributed by atoms with van der Waals surface area (Å²) in [6, 6.07) is 15.1. The fraction of sp³-hybridized carbons (Fsp3) is 0.320. The highest BCUT2D eigenvalue weighted by Gasteiger charge is 2.33. The van der Waals surface area contributed by atoms with E-state index in [2.05, 4.69) is 15.1 Å². The number of fused-ring (bicyclic) bond motifs is 1. The van der Waals surface area contributed by atoms with E-state index in [4.69, 9.17) is 4.42 Å². The number of furan rings is 1. The van der Waals surface area contributed by atoms with Crippen LogP contribution in [0.5, 0.6) is 0 Å². The second-order valence-corrected chi connectivity index (χ2v) is 8.59. The molecule has 1 saturated heterocycles. The SMILES string of the molecule is O=C(Nc1ccc2c(c1)CCN2C1CCN(Cc2cccc(C(F)(F)F)c2)C1)c1ccco1. The fourth-order valence-electron chi connectivity index (χ4n) is 4.80. The molecular weight excluding hydrogens is 431 g/mol. The molecule has 2 aliphatic rings. The summed E-state index contributed by atoms with van der Waals surface area (Å²) >= 11 is 0. The van der Waals surface area contributed by atoms with Gasteiger partial charge in [0.2, 0.25) is 0 Å². The lowest BCUT2D eigenvalue weighted by molar-refractivity contribution is -0.137. The Morgan fingerprint density at radius 2 is 1.97 bits per heavy atom. The van der Waals surface area contributed by atoms with Crippen LogP contribution in [0.25, 0.3) is 0 Å². The Balaban J connectivity index is 1.22. The predicted molar refractivity (Wildman–Crippen MR) is 119 cm³/mol. The number of likely N-dealkylation sites (tertiary alicyclic amines) is 1. The number of halogens is 3. The Bertz CT molecular complexity index is 1140. The topological polar surface area (TPSA) is 48.7 Å². The van der Waals surface area contributed by atoms with E-state index in [1.165, 1.54) is 24.0 Å². The van der Waals surface area contributed by atoms with E-state index >= 15 is 0 Å². The Morgan fingerprint density at radius 1 is 1.09 bits per heavy atom. The monoisotopic (exact) mass is 455 g/mol. The van der Waals surface area contributed by atoms with Gasteiger partial charge in [-0.3, -0.25) is 9.69 Å². The molecule has 3 aromatic rings. The number of hydrogen-bond donors (Lipinski definition) is 1. The van der Waals surface area contributed by atoms with Crippen LogP contribution in [-0.4, -0.2) is 36.5 Å². The lowest BCUT2D eigenvalue weighted by Gasteiger charge is -2.27. The summed E-state index contributed by atoms with van der Waals surface area (Å²) in [5.41, 5.74) is 3.17. The van der Waals surface area contributed by atoms with E-state index in [9.17, 15) is 18.0 Å². The molecule has 8 heteroatoms. The van der Waals surface area contributed by atoms with Gasteiger partial charge < -0.3 is 14.6 Å². The largest absolute Gasteiger partial charge is 0.459 e. The standard InChI is InChI=1S/C25H24F3N3O2/c26-25(27,28)19-4-1-3-17(13-19)15-30-10-9-21(16-30)31-11-8-18-14-20(6-7-22(18)31)29-24(32)23-5-2-12-33-23/h1-7,12-14,21H,8-11,15-16H2,(H,29,32). The molecule has 1 N–H and O–H groups in total. The minimum atomic E-state index is -4.32. The number of carbonyl (C=O) groups excluding carboxylic acids is 1. The third-order valence-electron chi connectivity index (χ3n) is 6.36. The third kappa shape index (κ3) is 4.61. The fourth-order valence-corrected chi connectivity index (χ4v) is 4.80. The average Bonchev–Trinajstić information content (AvgIpc) is 3.54. The number of amides is 1. The van der Waals surface area contributed by atoms with E-state index in [0.29, 0.717) is 18.2 Å². The molecule has 1 aromatic heterocycles. The first-order valence-corrected chi connectivity index (χ1v) is 11.0. The molecular formula is C25H24F3N3O2. The zero-order valence-electron chi connectivity index (χ0n) is 17.9. The lowest BCUT2D eigenvalue weighted by atomic mass is 10.1. The molecule has 2 aliphatic heterocycles. The quantitative estimate of drug-likeness (QED) is 0.576. The summed E-state index contributed by atoms with van der Waals surface area (Å²) in [5.74, 6) is -0.0141. The maximum absolute atomic E-state index is 13.0. The Labute approximate surface area is 189 Å². The van der Waals surface area contributed by atoms with Crippen molar-refractivity contribution in [1.29, 1.82) is 0 Å². The van der Waals surface area contributed by atoms with Crippen LogP contribution in [0.15, 0.2) is 65.3 Å². The zero-order chi connectivity index (χ0) is 23.0. The first-order valence-electron chi connectivity index (χ1n) is 11.0. The van der Waals surface area contributed by atoms with Crippen LogP contribution in [0.4, 0.5) is 24.5 Å². The number of nitrogens with one attached hydrogen (secondary N) is 1. The molecule has 0 saturated carbocycles. The number of benzene rings is 2. The van der Waals surface area contributed by atoms with Crippen molar-refractivity contribution in [1.82, 2.24) is 4.90 Å². The van der Waals surface area contributed by atoms with Gasteiger partial charge in [-0.25, -0.2) is 0 Å². The number of hydrogen-bond acceptors (Lipinski definition) is 4.